The number of oxime groups is 1. The van der Waals surface area contributed by atoms with Crippen molar-refractivity contribution in [2.24, 2.45) is 16.8 Å². The summed E-state index contributed by atoms with van der Waals surface area (Å²) in [5.41, 5.74) is 6.12. The van der Waals surface area contributed by atoms with E-state index in [9.17, 15) is 0 Å². The predicted octanol–water partition coefficient (Wildman–Crippen LogP) is 2.21. The van der Waals surface area contributed by atoms with Crippen molar-refractivity contribution in [2.75, 3.05) is 13.7 Å². The lowest BCUT2D eigenvalue weighted by molar-refractivity contribution is 0.287. The van der Waals surface area contributed by atoms with Crippen molar-refractivity contribution in [3.63, 3.8) is 0 Å². The van der Waals surface area contributed by atoms with Crippen molar-refractivity contribution in [1.82, 2.24) is 0 Å². The highest BCUT2D eigenvalue weighted by Gasteiger charge is 2.06. The van der Waals surface area contributed by atoms with Gasteiger partial charge >= 0.3 is 0 Å². The number of benzene rings is 1. The van der Waals surface area contributed by atoms with Gasteiger partial charge in [0, 0.05) is 11.6 Å². The minimum Gasteiger partial charge on any atom is -0.497 e. The van der Waals surface area contributed by atoms with Gasteiger partial charge < -0.3 is 20.4 Å². The Morgan fingerprint density at radius 3 is 2.56 bits per heavy atom. The number of amidine groups is 1. The first-order valence-corrected chi connectivity index (χ1v) is 5.86. The first-order valence-electron chi connectivity index (χ1n) is 5.86. The zero-order valence-corrected chi connectivity index (χ0v) is 11.0. The lowest BCUT2D eigenvalue weighted by atomic mass is 10.1. The predicted molar refractivity (Wildman–Crippen MR) is 70.5 cm³/mol. The van der Waals surface area contributed by atoms with E-state index in [2.05, 4.69) is 19.0 Å². The fraction of sp³-hybridized carbons (Fsp3) is 0.462. The van der Waals surface area contributed by atoms with Gasteiger partial charge in [0.2, 0.25) is 0 Å². The Hall–Kier alpha value is -1.91. The second-order valence-corrected chi connectivity index (χ2v) is 4.41. The van der Waals surface area contributed by atoms with Crippen LogP contribution in [0.15, 0.2) is 23.4 Å². The summed E-state index contributed by atoms with van der Waals surface area (Å²) in [6.45, 7) is 4.90. The highest BCUT2D eigenvalue weighted by molar-refractivity contribution is 5.97. The van der Waals surface area contributed by atoms with Gasteiger partial charge in [0.15, 0.2) is 5.84 Å². The Labute approximate surface area is 107 Å². The SMILES string of the molecule is COc1cc(OCCC(C)C)cc(/C(N)=N/O)c1. The third-order valence-electron chi connectivity index (χ3n) is 2.48. The van der Waals surface area contributed by atoms with Crippen LogP contribution >= 0.6 is 0 Å². The molecule has 0 fully saturated rings. The quantitative estimate of drug-likeness (QED) is 0.352. The number of rotatable bonds is 6. The van der Waals surface area contributed by atoms with Crippen molar-refractivity contribution in [3.05, 3.63) is 23.8 Å². The van der Waals surface area contributed by atoms with Crippen LogP contribution in [-0.4, -0.2) is 24.8 Å². The van der Waals surface area contributed by atoms with Crippen LogP contribution in [0.25, 0.3) is 0 Å². The number of ether oxygens (including phenoxy) is 2. The van der Waals surface area contributed by atoms with Gasteiger partial charge in [-0.3, -0.25) is 0 Å². The Morgan fingerprint density at radius 2 is 2.00 bits per heavy atom. The van der Waals surface area contributed by atoms with Crippen LogP contribution in [0.2, 0.25) is 0 Å². The second-order valence-electron chi connectivity index (χ2n) is 4.41. The Bertz CT molecular complexity index is 417. The summed E-state index contributed by atoms with van der Waals surface area (Å²) in [7, 11) is 1.56. The van der Waals surface area contributed by atoms with E-state index in [1.807, 2.05) is 0 Å². The average Bonchev–Trinajstić information content (AvgIpc) is 2.36. The highest BCUT2D eigenvalue weighted by Crippen LogP contribution is 2.23. The minimum absolute atomic E-state index is 0.0302. The van der Waals surface area contributed by atoms with Crippen LogP contribution in [-0.2, 0) is 0 Å². The molecule has 5 nitrogen and oxygen atoms in total. The van der Waals surface area contributed by atoms with Crippen molar-refractivity contribution >= 4 is 5.84 Å². The Morgan fingerprint density at radius 1 is 1.33 bits per heavy atom. The fourth-order valence-electron chi connectivity index (χ4n) is 1.39. The average molecular weight is 252 g/mol. The van der Waals surface area contributed by atoms with Gasteiger partial charge in [-0.25, -0.2) is 0 Å². The lowest BCUT2D eigenvalue weighted by Crippen LogP contribution is -2.13. The van der Waals surface area contributed by atoms with E-state index in [-0.39, 0.29) is 5.84 Å². The molecule has 0 amide bonds. The standard InChI is InChI=1S/C13H20N2O3/c1-9(2)4-5-18-12-7-10(13(14)15-16)6-11(8-12)17-3/h6-9,16H,4-5H2,1-3H3,(H2,14,15). The molecule has 0 aliphatic rings. The molecule has 0 saturated heterocycles. The molecule has 0 spiro atoms. The van der Waals surface area contributed by atoms with E-state index in [1.54, 1.807) is 25.3 Å². The van der Waals surface area contributed by atoms with E-state index in [4.69, 9.17) is 20.4 Å². The summed E-state index contributed by atoms with van der Waals surface area (Å²) in [5, 5.41) is 11.6. The van der Waals surface area contributed by atoms with E-state index in [1.165, 1.54) is 0 Å². The molecule has 0 heterocycles. The molecule has 0 bridgehead atoms. The van der Waals surface area contributed by atoms with Crippen molar-refractivity contribution in [1.29, 1.82) is 0 Å². The number of nitrogens with zero attached hydrogens (tertiary/aromatic N) is 1. The molecule has 5 heteroatoms. The fourth-order valence-corrected chi connectivity index (χ4v) is 1.39. The number of hydrogen-bond acceptors (Lipinski definition) is 4. The molecule has 0 aromatic heterocycles. The zero-order chi connectivity index (χ0) is 13.5. The molecule has 1 aromatic rings. The van der Waals surface area contributed by atoms with E-state index in [0.29, 0.717) is 29.6 Å². The summed E-state index contributed by atoms with van der Waals surface area (Å²) in [4.78, 5) is 0. The van der Waals surface area contributed by atoms with Gasteiger partial charge in [-0.2, -0.15) is 0 Å². The summed E-state index contributed by atoms with van der Waals surface area (Å²) in [6.07, 6.45) is 0.968. The topological polar surface area (TPSA) is 77.1 Å². The molecule has 0 saturated carbocycles. The van der Waals surface area contributed by atoms with Crippen LogP contribution < -0.4 is 15.2 Å². The van der Waals surface area contributed by atoms with E-state index < -0.39 is 0 Å². The second kappa shape index (κ2) is 6.74. The lowest BCUT2D eigenvalue weighted by Gasteiger charge is -2.11. The van der Waals surface area contributed by atoms with Crippen molar-refractivity contribution in [2.45, 2.75) is 20.3 Å². The molecular formula is C13H20N2O3. The van der Waals surface area contributed by atoms with Crippen LogP contribution in [0.5, 0.6) is 11.5 Å². The molecule has 1 rings (SSSR count). The van der Waals surface area contributed by atoms with Crippen molar-refractivity contribution in [3.8, 4) is 11.5 Å². The smallest absolute Gasteiger partial charge is 0.170 e. The molecule has 0 aliphatic heterocycles. The summed E-state index contributed by atoms with van der Waals surface area (Å²) in [6, 6.07) is 5.18. The van der Waals surface area contributed by atoms with Crippen LogP contribution in [0, 0.1) is 5.92 Å². The molecule has 18 heavy (non-hydrogen) atoms. The number of hydrogen-bond donors (Lipinski definition) is 2. The summed E-state index contributed by atoms with van der Waals surface area (Å²) < 4.78 is 10.8. The highest BCUT2D eigenvalue weighted by atomic mass is 16.5. The van der Waals surface area contributed by atoms with Gasteiger partial charge in [-0.05, 0) is 24.5 Å². The maximum atomic E-state index is 8.67. The van der Waals surface area contributed by atoms with E-state index >= 15 is 0 Å². The minimum atomic E-state index is 0.0302. The number of methoxy groups -OCH3 is 1. The van der Waals surface area contributed by atoms with Gasteiger partial charge in [-0.15, -0.1) is 0 Å². The number of nitrogens with two attached hydrogens (primary N) is 1. The molecule has 3 N–H and O–H groups in total. The monoisotopic (exact) mass is 252 g/mol. The molecule has 0 radical (unpaired) electrons. The van der Waals surface area contributed by atoms with Crippen molar-refractivity contribution < 1.29 is 14.7 Å². The first-order chi connectivity index (χ1) is 8.56. The van der Waals surface area contributed by atoms with Gasteiger partial charge in [0.1, 0.15) is 11.5 Å². The molecule has 100 valence electrons. The van der Waals surface area contributed by atoms with Crippen LogP contribution in [0.3, 0.4) is 0 Å². The third-order valence-corrected chi connectivity index (χ3v) is 2.48. The van der Waals surface area contributed by atoms with Gasteiger partial charge in [-0.1, -0.05) is 19.0 Å². The van der Waals surface area contributed by atoms with Gasteiger partial charge in [0.05, 0.1) is 13.7 Å². The first kappa shape index (κ1) is 14.2. The van der Waals surface area contributed by atoms with E-state index in [0.717, 1.165) is 6.42 Å². The summed E-state index contributed by atoms with van der Waals surface area (Å²) >= 11 is 0. The molecule has 1 aromatic carbocycles. The zero-order valence-electron chi connectivity index (χ0n) is 11.0. The summed E-state index contributed by atoms with van der Waals surface area (Å²) in [5.74, 6) is 1.87. The normalized spacial score (nSPS) is 11.7. The van der Waals surface area contributed by atoms with Gasteiger partial charge in [0.25, 0.3) is 0 Å². The molecule has 0 aliphatic carbocycles. The molecule has 0 atom stereocenters. The third kappa shape index (κ3) is 4.16. The largest absolute Gasteiger partial charge is 0.497 e. The maximum absolute atomic E-state index is 8.67. The maximum Gasteiger partial charge on any atom is 0.170 e. The Kier molecular flexibility index (Phi) is 5.30. The Balaban J connectivity index is 2.84. The molecule has 0 unspecified atom stereocenters. The molecular weight excluding hydrogens is 232 g/mol. The van der Waals surface area contributed by atoms with Crippen LogP contribution in [0.1, 0.15) is 25.8 Å². The van der Waals surface area contributed by atoms with Crippen LogP contribution in [0.4, 0.5) is 0 Å².